The predicted octanol–water partition coefficient (Wildman–Crippen LogP) is 1.36. The topological polar surface area (TPSA) is 84.7 Å². The van der Waals surface area contributed by atoms with E-state index in [4.69, 9.17) is 10.5 Å². The van der Waals surface area contributed by atoms with E-state index >= 15 is 0 Å². The second-order valence-electron chi connectivity index (χ2n) is 5.54. The standard InChI is InChI=1S/C14H23N3O3S/c1-10-11(6-7-20-10)9-16-14-5-4-12(8-13(14)15)21(18,19)17(2)3/h4-5,8,10-11,16H,6-7,9,15H2,1-3H3. The van der Waals surface area contributed by atoms with E-state index in [1.165, 1.54) is 24.5 Å². The SMILES string of the molecule is CC1OCCC1CNc1ccc(S(=O)(=O)N(C)C)cc1N. The van der Waals surface area contributed by atoms with E-state index in [2.05, 4.69) is 12.2 Å². The monoisotopic (exact) mass is 313 g/mol. The summed E-state index contributed by atoms with van der Waals surface area (Å²) >= 11 is 0. The number of ether oxygens (including phenoxy) is 1. The van der Waals surface area contributed by atoms with Gasteiger partial charge in [-0.05, 0) is 31.5 Å². The Morgan fingerprint density at radius 2 is 2.14 bits per heavy atom. The summed E-state index contributed by atoms with van der Waals surface area (Å²) in [7, 11) is -0.452. The Hall–Kier alpha value is -1.31. The van der Waals surface area contributed by atoms with Crippen LogP contribution in [0.4, 0.5) is 11.4 Å². The molecule has 1 aliphatic rings. The summed E-state index contributed by atoms with van der Waals surface area (Å²) in [5.74, 6) is 0.453. The average molecular weight is 313 g/mol. The number of hydrogen-bond donors (Lipinski definition) is 2. The maximum absolute atomic E-state index is 12.0. The van der Waals surface area contributed by atoms with Gasteiger partial charge in [-0.1, -0.05) is 0 Å². The van der Waals surface area contributed by atoms with Crippen LogP contribution in [0.25, 0.3) is 0 Å². The second-order valence-corrected chi connectivity index (χ2v) is 7.69. The maximum Gasteiger partial charge on any atom is 0.242 e. The first-order valence-electron chi connectivity index (χ1n) is 7.00. The van der Waals surface area contributed by atoms with Crippen LogP contribution in [0, 0.1) is 5.92 Å². The molecule has 1 saturated heterocycles. The minimum atomic E-state index is -3.45. The third-order valence-corrected chi connectivity index (χ3v) is 5.70. The molecule has 2 rings (SSSR count). The zero-order chi connectivity index (χ0) is 15.6. The molecule has 0 spiro atoms. The van der Waals surface area contributed by atoms with Crippen LogP contribution < -0.4 is 11.1 Å². The third kappa shape index (κ3) is 3.48. The first kappa shape index (κ1) is 16.1. The van der Waals surface area contributed by atoms with Crippen LogP contribution in [0.15, 0.2) is 23.1 Å². The molecule has 0 aliphatic carbocycles. The van der Waals surface area contributed by atoms with Crippen molar-refractivity contribution in [2.45, 2.75) is 24.3 Å². The van der Waals surface area contributed by atoms with Crippen LogP contribution in [0.3, 0.4) is 0 Å². The molecule has 0 aromatic heterocycles. The Kier molecular flexibility index (Phi) is 4.75. The molecule has 2 unspecified atom stereocenters. The first-order valence-corrected chi connectivity index (χ1v) is 8.44. The van der Waals surface area contributed by atoms with Gasteiger partial charge in [-0.15, -0.1) is 0 Å². The summed E-state index contributed by atoms with van der Waals surface area (Å²) in [6, 6.07) is 4.78. The van der Waals surface area contributed by atoms with E-state index in [9.17, 15) is 8.42 Å². The number of benzene rings is 1. The van der Waals surface area contributed by atoms with Gasteiger partial charge in [0.1, 0.15) is 0 Å². The van der Waals surface area contributed by atoms with Crippen molar-refractivity contribution in [1.82, 2.24) is 4.31 Å². The normalized spacial score (nSPS) is 22.7. The zero-order valence-electron chi connectivity index (χ0n) is 12.7. The highest BCUT2D eigenvalue weighted by molar-refractivity contribution is 7.89. The lowest BCUT2D eigenvalue weighted by atomic mass is 10.0. The van der Waals surface area contributed by atoms with E-state index in [0.29, 0.717) is 11.6 Å². The van der Waals surface area contributed by atoms with Gasteiger partial charge in [-0.2, -0.15) is 0 Å². The lowest BCUT2D eigenvalue weighted by Gasteiger charge is -2.18. The van der Waals surface area contributed by atoms with Crippen LogP contribution in [0.1, 0.15) is 13.3 Å². The molecule has 1 aliphatic heterocycles. The molecule has 1 aromatic carbocycles. The van der Waals surface area contributed by atoms with Crippen molar-refractivity contribution in [2.75, 3.05) is 38.3 Å². The smallest absolute Gasteiger partial charge is 0.242 e. The van der Waals surface area contributed by atoms with E-state index in [1.54, 1.807) is 12.1 Å². The molecule has 0 bridgehead atoms. The number of hydrogen-bond acceptors (Lipinski definition) is 5. The van der Waals surface area contributed by atoms with Crippen molar-refractivity contribution in [1.29, 1.82) is 0 Å². The van der Waals surface area contributed by atoms with Gasteiger partial charge in [0.2, 0.25) is 10.0 Å². The van der Waals surface area contributed by atoms with E-state index in [-0.39, 0.29) is 11.0 Å². The van der Waals surface area contributed by atoms with Gasteiger partial charge >= 0.3 is 0 Å². The fourth-order valence-corrected chi connectivity index (χ4v) is 3.30. The highest BCUT2D eigenvalue weighted by Crippen LogP contribution is 2.26. The number of anilines is 2. The first-order chi connectivity index (χ1) is 9.82. The van der Waals surface area contributed by atoms with Crippen molar-refractivity contribution in [3.8, 4) is 0 Å². The summed E-state index contributed by atoms with van der Waals surface area (Å²) < 4.78 is 30.8. The Bertz CT molecular complexity index is 601. The quantitative estimate of drug-likeness (QED) is 0.802. The van der Waals surface area contributed by atoms with E-state index < -0.39 is 10.0 Å². The van der Waals surface area contributed by atoms with Crippen molar-refractivity contribution in [2.24, 2.45) is 5.92 Å². The molecule has 1 aromatic rings. The lowest BCUT2D eigenvalue weighted by Crippen LogP contribution is -2.23. The van der Waals surface area contributed by atoms with Gasteiger partial charge in [0.05, 0.1) is 22.4 Å². The minimum Gasteiger partial charge on any atom is -0.397 e. The van der Waals surface area contributed by atoms with E-state index in [0.717, 1.165) is 25.3 Å². The highest BCUT2D eigenvalue weighted by atomic mass is 32.2. The zero-order valence-corrected chi connectivity index (χ0v) is 13.5. The number of nitrogens with zero attached hydrogens (tertiary/aromatic N) is 1. The number of nitrogens with two attached hydrogens (primary N) is 1. The number of nitrogens with one attached hydrogen (secondary N) is 1. The predicted molar refractivity (Wildman–Crippen MR) is 83.7 cm³/mol. The van der Waals surface area contributed by atoms with Gasteiger partial charge < -0.3 is 15.8 Å². The Morgan fingerprint density at radius 1 is 1.43 bits per heavy atom. The van der Waals surface area contributed by atoms with Crippen molar-refractivity contribution in [3.63, 3.8) is 0 Å². The average Bonchev–Trinajstić information content (AvgIpc) is 2.82. The van der Waals surface area contributed by atoms with Gasteiger partial charge in [-0.3, -0.25) is 0 Å². The van der Waals surface area contributed by atoms with Crippen LogP contribution in [-0.4, -0.2) is 46.1 Å². The summed E-state index contributed by atoms with van der Waals surface area (Å²) in [5.41, 5.74) is 7.15. The minimum absolute atomic E-state index is 0.202. The summed E-state index contributed by atoms with van der Waals surface area (Å²) in [6.45, 7) is 3.63. The summed E-state index contributed by atoms with van der Waals surface area (Å²) in [6.07, 6.45) is 1.27. The molecule has 3 N–H and O–H groups in total. The Morgan fingerprint density at radius 3 is 2.67 bits per heavy atom. The molecule has 0 amide bonds. The number of sulfonamides is 1. The largest absolute Gasteiger partial charge is 0.397 e. The van der Waals surface area contributed by atoms with E-state index in [1.807, 2.05) is 0 Å². The number of nitrogen functional groups attached to an aromatic ring is 1. The fourth-order valence-electron chi connectivity index (χ4n) is 2.36. The van der Waals surface area contributed by atoms with Crippen molar-refractivity contribution >= 4 is 21.4 Å². The van der Waals surface area contributed by atoms with Crippen LogP contribution in [0.2, 0.25) is 0 Å². The molecule has 2 atom stereocenters. The molecule has 1 heterocycles. The molecular formula is C14H23N3O3S. The maximum atomic E-state index is 12.0. The molecule has 1 fully saturated rings. The highest BCUT2D eigenvalue weighted by Gasteiger charge is 2.24. The summed E-state index contributed by atoms with van der Waals surface area (Å²) in [5, 5.41) is 3.28. The van der Waals surface area contributed by atoms with Crippen LogP contribution >= 0.6 is 0 Å². The van der Waals surface area contributed by atoms with Crippen molar-refractivity contribution < 1.29 is 13.2 Å². The van der Waals surface area contributed by atoms with Gasteiger partial charge in [0.15, 0.2) is 0 Å². The number of rotatable bonds is 5. The molecular weight excluding hydrogens is 290 g/mol. The molecule has 0 radical (unpaired) electrons. The Labute approximate surface area is 126 Å². The third-order valence-electron chi connectivity index (χ3n) is 3.89. The van der Waals surface area contributed by atoms with Crippen LogP contribution in [-0.2, 0) is 14.8 Å². The fraction of sp³-hybridized carbons (Fsp3) is 0.571. The molecule has 7 heteroatoms. The summed E-state index contributed by atoms with van der Waals surface area (Å²) in [4.78, 5) is 0.202. The Balaban J connectivity index is 2.09. The molecule has 21 heavy (non-hydrogen) atoms. The van der Waals surface area contributed by atoms with Gasteiger partial charge in [0.25, 0.3) is 0 Å². The van der Waals surface area contributed by atoms with Gasteiger partial charge in [0, 0.05) is 33.2 Å². The molecule has 118 valence electrons. The molecule has 0 saturated carbocycles. The van der Waals surface area contributed by atoms with Crippen LogP contribution in [0.5, 0.6) is 0 Å². The van der Waals surface area contributed by atoms with Gasteiger partial charge in [-0.25, -0.2) is 12.7 Å². The van der Waals surface area contributed by atoms with Crippen molar-refractivity contribution in [3.05, 3.63) is 18.2 Å². The lowest BCUT2D eigenvalue weighted by molar-refractivity contribution is 0.108. The second kappa shape index (κ2) is 6.21. The molecule has 6 nitrogen and oxygen atoms in total.